The third-order valence-corrected chi connectivity index (χ3v) is 4.65. The Balaban J connectivity index is 1.89. The molecule has 2 aromatic carbocycles. The molecule has 0 bridgehead atoms. The Morgan fingerprint density at radius 1 is 1.08 bits per heavy atom. The van der Waals surface area contributed by atoms with Crippen LogP contribution in [0.2, 0.25) is 5.02 Å². The first kappa shape index (κ1) is 18.3. The number of halogens is 3. The minimum Gasteiger partial charge on any atom is -0.326 e. The van der Waals surface area contributed by atoms with Gasteiger partial charge in [-0.25, -0.2) is 21.9 Å². The van der Waals surface area contributed by atoms with Crippen LogP contribution in [0.15, 0.2) is 47.4 Å². The van der Waals surface area contributed by atoms with Gasteiger partial charge < -0.3 is 5.32 Å². The molecular weight excluding hydrogens is 362 g/mol. The summed E-state index contributed by atoms with van der Waals surface area (Å²) in [5, 5.41) is 2.62. The van der Waals surface area contributed by atoms with Gasteiger partial charge in [-0.2, -0.15) is 0 Å². The van der Waals surface area contributed by atoms with Gasteiger partial charge in [0.2, 0.25) is 15.9 Å². The summed E-state index contributed by atoms with van der Waals surface area (Å²) < 4.78 is 52.1. The maximum atomic E-state index is 13.0. The molecule has 0 radical (unpaired) electrons. The second kappa shape index (κ2) is 7.69. The molecule has 2 aromatic rings. The topological polar surface area (TPSA) is 75.3 Å². The van der Waals surface area contributed by atoms with Crippen molar-refractivity contribution in [1.82, 2.24) is 4.72 Å². The van der Waals surface area contributed by atoms with Crippen molar-refractivity contribution in [2.75, 3.05) is 11.9 Å². The maximum Gasteiger partial charge on any atom is 0.240 e. The van der Waals surface area contributed by atoms with E-state index in [9.17, 15) is 22.0 Å². The molecule has 0 unspecified atom stereocenters. The fraction of sp³-hybridized carbons (Fsp3) is 0.133. The number of hydrogen-bond acceptors (Lipinski definition) is 3. The van der Waals surface area contributed by atoms with E-state index in [1.807, 2.05) is 0 Å². The monoisotopic (exact) mass is 374 g/mol. The molecule has 0 spiro atoms. The first-order chi connectivity index (χ1) is 11.3. The van der Waals surface area contributed by atoms with E-state index in [-0.39, 0.29) is 28.6 Å². The van der Waals surface area contributed by atoms with Gasteiger partial charge in [0.05, 0.1) is 4.90 Å². The molecule has 1 amide bonds. The van der Waals surface area contributed by atoms with Gasteiger partial charge in [0.1, 0.15) is 0 Å². The quantitative estimate of drug-likeness (QED) is 0.816. The first-order valence-electron chi connectivity index (χ1n) is 6.78. The van der Waals surface area contributed by atoms with Gasteiger partial charge in [-0.3, -0.25) is 4.79 Å². The average molecular weight is 375 g/mol. The first-order valence-corrected chi connectivity index (χ1v) is 8.64. The fourth-order valence-corrected chi connectivity index (χ4v) is 3.15. The molecule has 128 valence electrons. The number of rotatable bonds is 6. The SMILES string of the molecule is O=C(CCNS(=O)(=O)c1cccc(Cl)c1)Nc1ccc(F)c(F)c1. The molecule has 9 heteroatoms. The summed E-state index contributed by atoms with van der Waals surface area (Å²) in [5.74, 6) is -2.66. The molecule has 0 aromatic heterocycles. The second-order valence-corrected chi connectivity index (χ2v) is 6.99. The van der Waals surface area contributed by atoms with Crippen molar-refractivity contribution in [3.63, 3.8) is 0 Å². The molecule has 0 saturated heterocycles. The van der Waals surface area contributed by atoms with Crippen molar-refractivity contribution in [3.05, 3.63) is 59.1 Å². The van der Waals surface area contributed by atoms with Gasteiger partial charge in [-0.05, 0) is 30.3 Å². The Kier molecular flexibility index (Phi) is 5.87. The largest absolute Gasteiger partial charge is 0.326 e. The Labute approximate surface area is 142 Å². The zero-order chi connectivity index (χ0) is 17.7. The Hall–Kier alpha value is -2.03. The number of carbonyl (C=O) groups excluding carboxylic acids is 1. The highest BCUT2D eigenvalue weighted by Gasteiger charge is 2.14. The van der Waals surface area contributed by atoms with Gasteiger partial charge in [-0.15, -0.1) is 0 Å². The standard InChI is InChI=1S/C15H13ClF2N2O3S/c16-10-2-1-3-12(8-10)24(22,23)19-7-6-15(21)20-11-4-5-13(17)14(18)9-11/h1-5,8-9,19H,6-7H2,(H,20,21). The van der Waals surface area contributed by atoms with Crippen molar-refractivity contribution >= 4 is 33.2 Å². The highest BCUT2D eigenvalue weighted by molar-refractivity contribution is 7.89. The van der Waals surface area contributed by atoms with Crippen LogP contribution < -0.4 is 10.0 Å². The molecule has 0 aliphatic carbocycles. The highest BCUT2D eigenvalue weighted by Crippen LogP contribution is 2.15. The van der Waals surface area contributed by atoms with Crippen molar-refractivity contribution in [2.45, 2.75) is 11.3 Å². The lowest BCUT2D eigenvalue weighted by Gasteiger charge is -2.08. The van der Waals surface area contributed by atoms with Crippen LogP contribution in [-0.4, -0.2) is 20.9 Å². The highest BCUT2D eigenvalue weighted by atomic mass is 35.5. The molecule has 0 atom stereocenters. The predicted octanol–water partition coefficient (Wildman–Crippen LogP) is 2.93. The number of carbonyl (C=O) groups is 1. The van der Waals surface area contributed by atoms with Crippen LogP contribution in [0.3, 0.4) is 0 Å². The van der Waals surface area contributed by atoms with E-state index in [1.54, 1.807) is 0 Å². The predicted molar refractivity (Wildman–Crippen MR) is 86.2 cm³/mol. The minimum absolute atomic E-state index is 0.0176. The van der Waals surface area contributed by atoms with Gasteiger partial charge in [0, 0.05) is 29.7 Å². The van der Waals surface area contributed by atoms with Gasteiger partial charge >= 0.3 is 0 Å². The fourth-order valence-electron chi connectivity index (χ4n) is 1.81. The number of nitrogens with one attached hydrogen (secondary N) is 2. The van der Waals surface area contributed by atoms with Crippen molar-refractivity contribution < 1.29 is 22.0 Å². The average Bonchev–Trinajstić information content (AvgIpc) is 2.51. The van der Waals surface area contributed by atoms with Crippen LogP contribution in [0.25, 0.3) is 0 Å². The Morgan fingerprint density at radius 3 is 2.50 bits per heavy atom. The van der Waals surface area contributed by atoms with Crippen LogP contribution in [0, 0.1) is 11.6 Å². The smallest absolute Gasteiger partial charge is 0.240 e. The molecule has 2 rings (SSSR count). The molecule has 5 nitrogen and oxygen atoms in total. The summed E-state index contributed by atoms with van der Waals surface area (Å²) in [7, 11) is -3.79. The van der Waals surface area contributed by atoms with Crippen LogP contribution in [0.5, 0.6) is 0 Å². The van der Waals surface area contributed by atoms with Gasteiger partial charge in [-0.1, -0.05) is 17.7 Å². The number of amides is 1. The summed E-state index contributed by atoms with van der Waals surface area (Å²) in [6.45, 7) is -0.162. The molecule has 0 aliphatic rings. The molecule has 24 heavy (non-hydrogen) atoms. The minimum atomic E-state index is -3.79. The van der Waals surface area contributed by atoms with Crippen molar-refractivity contribution in [3.8, 4) is 0 Å². The lowest BCUT2D eigenvalue weighted by molar-refractivity contribution is -0.116. The van der Waals surface area contributed by atoms with Crippen LogP contribution in [-0.2, 0) is 14.8 Å². The Bertz CT molecular complexity index is 860. The maximum absolute atomic E-state index is 13.0. The lowest BCUT2D eigenvalue weighted by atomic mass is 10.3. The van der Waals surface area contributed by atoms with Crippen LogP contribution >= 0.6 is 11.6 Å². The number of sulfonamides is 1. The molecule has 0 fully saturated rings. The number of anilines is 1. The Morgan fingerprint density at radius 2 is 1.83 bits per heavy atom. The summed E-state index contributed by atoms with van der Waals surface area (Å²) in [6.07, 6.45) is -0.182. The second-order valence-electron chi connectivity index (χ2n) is 4.78. The van der Waals surface area contributed by atoms with E-state index in [1.165, 1.54) is 30.3 Å². The van der Waals surface area contributed by atoms with E-state index < -0.39 is 27.6 Å². The summed E-state index contributed by atoms with van der Waals surface area (Å²) in [4.78, 5) is 11.7. The third kappa shape index (κ3) is 4.98. The normalized spacial score (nSPS) is 11.3. The lowest BCUT2D eigenvalue weighted by Crippen LogP contribution is -2.27. The van der Waals surface area contributed by atoms with E-state index in [2.05, 4.69) is 10.0 Å². The van der Waals surface area contributed by atoms with Gasteiger partial charge in [0.15, 0.2) is 11.6 Å². The molecule has 2 N–H and O–H groups in total. The molecule has 0 heterocycles. The molecule has 0 aliphatic heterocycles. The zero-order valence-corrected chi connectivity index (χ0v) is 13.8. The summed E-state index contributed by atoms with van der Waals surface area (Å²) in [5.41, 5.74) is 0.0802. The van der Waals surface area contributed by atoms with E-state index in [0.29, 0.717) is 0 Å². The number of hydrogen-bond donors (Lipinski definition) is 2. The summed E-state index contributed by atoms with van der Waals surface area (Å²) in [6, 6.07) is 8.60. The summed E-state index contributed by atoms with van der Waals surface area (Å²) >= 11 is 5.74. The van der Waals surface area contributed by atoms with E-state index in [0.717, 1.165) is 12.1 Å². The molecular formula is C15H13ClF2N2O3S. The number of benzene rings is 2. The van der Waals surface area contributed by atoms with Crippen LogP contribution in [0.4, 0.5) is 14.5 Å². The van der Waals surface area contributed by atoms with Crippen LogP contribution in [0.1, 0.15) is 6.42 Å². The molecule has 0 saturated carbocycles. The zero-order valence-electron chi connectivity index (χ0n) is 12.2. The third-order valence-electron chi connectivity index (χ3n) is 2.95. The van der Waals surface area contributed by atoms with E-state index in [4.69, 9.17) is 11.6 Å². The van der Waals surface area contributed by atoms with E-state index >= 15 is 0 Å². The van der Waals surface area contributed by atoms with Gasteiger partial charge in [0.25, 0.3) is 0 Å². The van der Waals surface area contributed by atoms with Crippen molar-refractivity contribution in [1.29, 1.82) is 0 Å². The van der Waals surface area contributed by atoms with Crippen molar-refractivity contribution in [2.24, 2.45) is 0 Å².